The summed E-state index contributed by atoms with van der Waals surface area (Å²) in [5.74, 6) is -0.345. The summed E-state index contributed by atoms with van der Waals surface area (Å²) < 4.78 is 26.7. The first kappa shape index (κ1) is 17.5. The van der Waals surface area contributed by atoms with Crippen LogP contribution >= 0.6 is 0 Å². The number of carbonyl (C=O) groups is 1. The number of likely N-dealkylation sites (N-methyl/N-ethyl adjacent to an activating group) is 1. The molecule has 118 valence electrons. The molecule has 0 aliphatic carbocycles. The van der Waals surface area contributed by atoms with E-state index in [0.29, 0.717) is 6.54 Å². The van der Waals surface area contributed by atoms with E-state index < -0.39 is 16.1 Å². The number of sulfonamides is 1. The van der Waals surface area contributed by atoms with Gasteiger partial charge in [-0.15, -0.1) is 0 Å². The first-order chi connectivity index (χ1) is 9.90. The van der Waals surface area contributed by atoms with Crippen LogP contribution in [0.4, 0.5) is 5.69 Å². The van der Waals surface area contributed by atoms with Crippen molar-refractivity contribution in [3.8, 4) is 0 Å². The fourth-order valence-corrected chi connectivity index (χ4v) is 2.91. The van der Waals surface area contributed by atoms with E-state index in [-0.39, 0.29) is 10.8 Å². The molecule has 0 aromatic heterocycles. The minimum absolute atomic E-state index is 0.140. The Bertz CT molecular complexity index is 555. The Kier molecular flexibility index (Phi) is 6.64. The average Bonchev–Trinajstić information content (AvgIpc) is 2.45. The summed E-state index contributed by atoms with van der Waals surface area (Å²) in [5, 5.41) is 5.75. The summed E-state index contributed by atoms with van der Waals surface area (Å²) >= 11 is 0. The number of anilines is 1. The SMILES string of the molecule is CCCNc1ccc(S(=O)(=O)NC(C)C(=O)NCC)cc1. The monoisotopic (exact) mass is 313 g/mol. The molecule has 1 rings (SSSR count). The van der Waals surface area contributed by atoms with E-state index in [2.05, 4.69) is 22.3 Å². The number of amides is 1. The Morgan fingerprint density at radius 2 is 1.81 bits per heavy atom. The van der Waals surface area contributed by atoms with Crippen LogP contribution in [0.3, 0.4) is 0 Å². The largest absolute Gasteiger partial charge is 0.385 e. The summed E-state index contributed by atoms with van der Waals surface area (Å²) in [4.78, 5) is 11.7. The van der Waals surface area contributed by atoms with Gasteiger partial charge in [0.1, 0.15) is 0 Å². The van der Waals surface area contributed by atoms with E-state index in [0.717, 1.165) is 18.7 Å². The van der Waals surface area contributed by atoms with Gasteiger partial charge in [-0.25, -0.2) is 8.42 Å². The summed E-state index contributed by atoms with van der Waals surface area (Å²) in [7, 11) is -3.70. The lowest BCUT2D eigenvalue weighted by Gasteiger charge is -2.14. The van der Waals surface area contributed by atoms with E-state index in [1.807, 2.05) is 0 Å². The Morgan fingerprint density at radius 1 is 1.19 bits per heavy atom. The summed E-state index contributed by atoms with van der Waals surface area (Å²) in [6.07, 6.45) is 0.992. The van der Waals surface area contributed by atoms with Crippen LogP contribution in [0.2, 0.25) is 0 Å². The van der Waals surface area contributed by atoms with E-state index in [1.54, 1.807) is 19.1 Å². The fourth-order valence-electron chi connectivity index (χ4n) is 1.70. The van der Waals surface area contributed by atoms with Crippen LogP contribution in [-0.2, 0) is 14.8 Å². The van der Waals surface area contributed by atoms with Gasteiger partial charge in [-0.3, -0.25) is 4.79 Å². The summed E-state index contributed by atoms with van der Waals surface area (Å²) in [6.45, 7) is 6.64. The van der Waals surface area contributed by atoms with Gasteiger partial charge >= 0.3 is 0 Å². The normalized spacial score (nSPS) is 12.7. The molecule has 0 saturated heterocycles. The summed E-state index contributed by atoms with van der Waals surface area (Å²) in [6, 6.07) is 5.64. The van der Waals surface area contributed by atoms with Crippen LogP contribution < -0.4 is 15.4 Å². The van der Waals surface area contributed by atoms with Crippen LogP contribution in [0.1, 0.15) is 27.2 Å². The van der Waals surface area contributed by atoms with Gasteiger partial charge in [-0.05, 0) is 44.5 Å². The number of nitrogens with one attached hydrogen (secondary N) is 3. The van der Waals surface area contributed by atoms with E-state index >= 15 is 0 Å². The highest BCUT2D eigenvalue weighted by Crippen LogP contribution is 2.14. The second-order valence-electron chi connectivity index (χ2n) is 4.69. The third-order valence-corrected chi connectivity index (χ3v) is 4.38. The molecule has 1 atom stereocenters. The second kappa shape index (κ2) is 7.99. The molecule has 7 heteroatoms. The first-order valence-electron chi connectivity index (χ1n) is 7.04. The van der Waals surface area contributed by atoms with Crippen LogP contribution in [0.5, 0.6) is 0 Å². The number of rotatable bonds is 8. The number of hydrogen-bond acceptors (Lipinski definition) is 4. The van der Waals surface area contributed by atoms with Crippen LogP contribution in [-0.4, -0.2) is 33.5 Å². The van der Waals surface area contributed by atoms with Gasteiger partial charge in [0.15, 0.2) is 0 Å². The molecule has 1 amide bonds. The minimum Gasteiger partial charge on any atom is -0.385 e. The molecule has 21 heavy (non-hydrogen) atoms. The lowest BCUT2D eigenvalue weighted by Crippen LogP contribution is -2.44. The van der Waals surface area contributed by atoms with Gasteiger partial charge < -0.3 is 10.6 Å². The van der Waals surface area contributed by atoms with Crippen molar-refractivity contribution in [1.82, 2.24) is 10.0 Å². The lowest BCUT2D eigenvalue weighted by molar-refractivity contribution is -0.122. The zero-order chi connectivity index (χ0) is 15.9. The second-order valence-corrected chi connectivity index (χ2v) is 6.40. The molecule has 1 aromatic carbocycles. The van der Waals surface area contributed by atoms with Crippen LogP contribution in [0, 0.1) is 0 Å². The molecule has 0 spiro atoms. The lowest BCUT2D eigenvalue weighted by atomic mass is 10.3. The quantitative estimate of drug-likeness (QED) is 0.675. The smallest absolute Gasteiger partial charge is 0.241 e. The molecule has 0 saturated carbocycles. The fraction of sp³-hybridized carbons (Fsp3) is 0.500. The molecule has 0 bridgehead atoms. The highest BCUT2D eigenvalue weighted by atomic mass is 32.2. The van der Waals surface area contributed by atoms with Crippen molar-refractivity contribution in [3.63, 3.8) is 0 Å². The van der Waals surface area contributed by atoms with Gasteiger partial charge in [0.25, 0.3) is 0 Å². The Morgan fingerprint density at radius 3 is 2.33 bits per heavy atom. The van der Waals surface area contributed by atoms with Gasteiger partial charge in [0.05, 0.1) is 10.9 Å². The van der Waals surface area contributed by atoms with Crippen LogP contribution in [0.15, 0.2) is 29.2 Å². The maximum atomic E-state index is 12.2. The Balaban J connectivity index is 2.76. The third-order valence-electron chi connectivity index (χ3n) is 2.82. The maximum Gasteiger partial charge on any atom is 0.241 e. The van der Waals surface area contributed by atoms with Crippen molar-refractivity contribution in [2.24, 2.45) is 0 Å². The minimum atomic E-state index is -3.70. The topological polar surface area (TPSA) is 87.3 Å². The third kappa shape index (κ3) is 5.35. The molecule has 0 fully saturated rings. The van der Waals surface area contributed by atoms with E-state index in [4.69, 9.17) is 0 Å². The predicted octanol–water partition coefficient (Wildman–Crippen LogP) is 1.31. The van der Waals surface area contributed by atoms with E-state index in [9.17, 15) is 13.2 Å². The molecule has 1 unspecified atom stereocenters. The first-order valence-corrected chi connectivity index (χ1v) is 8.53. The standard InChI is InChI=1S/C14H23N3O3S/c1-4-10-16-12-6-8-13(9-7-12)21(19,20)17-11(3)14(18)15-5-2/h6-9,11,16-17H,4-5,10H2,1-3H3,(H,15,18). The number of hydrogen-bond donors (Lipinski definition) is 3. The van der Waals surface area contributed by atoms with Crippen molar-refractivity contribution < 1.29 is 13.2 Å². The highest BCUT2D eigenvalue weighted by Gasteiger charge is 2.21. The van der Waals surface area contributed by atoms with Gasteiger partial charge in [0.2, 0.25) is 15.9 Å². The zero-order valence-electron chi connectivity index (χ0n) is 12.6. The molecule has 0 heterocycles. The molecule has 0 aliphatic rings. The molecule has 0 aliphatic heterocycles. The molecule has 6 nitrogen and oxygen atoms in total. The molecule has 3 N–H and O–H groups in total. The summed E-state index contributed by atoms with van der Waals surface area (Å²) in [5.41, 5.74) is 0.868. The van der Waals surface area contributed by atoms with Gasteiger partial charge in [-0.1, -0.05) is 6.92 Å². The number of carbonyl (C=O) groups excluding carboxylic acids is 1. The van der Waals surface area contributed by atoms with Crippen molar-refractivity contribution in [2.45, 2.75) is 38.1 Å². The Labute approximate surface area is 126 Å². The molecule has 1 aromatic rings. The van der Waals surface area contributed by atoms with Gasteiger partial charge in [-0.2, -0.15) is 4.72 Å². The van der Waals surface area contributed by atoms with Crippen molar-refractivity contribution in [3.05, 3.63) is 24.3 Å². The van der Waals surface area contributed by atoms with Crippen molar-refractivity contribution in [2.75, 3.05) is 18.4 Å². The average molecular weight is 313 g/mol. The zero-order valence-corrected chi connectivity index (χ0v) is 13.5. The molecule has 0 radical (unpaired) electrons. The van der Waals surface area contributed by atoms with Crippen molar-refractivity contribution >= 4 is 21.6 Å². The highest BCUT2D eigenvalue weighted by molar-refractivity contribution is 7.89. The molecular formula is C14H23N3O3S. The van der Waals surface area contributed by atoms with Crippen LogP contribution in [0.25, 0.3) is 0 Å². The van der Waals surface area contributed by atoms with Crippen molar-refractivity contribution in [1.29, 1.82) is 0 Å². The predicted molar refractivity (Wildman–Crippen MR) is 83.7 cm³/mol. The number of benzene rings is 1. The maximum absolute atomic E-state index is 12.2. The van der Waals surface area contributed by atoms with Gasteiger partial charge in [0, 0.05) is 18.8 Å². The Hall–Kier alpha value is -1.60. The molecular weight excluding hydrogens is 290 g/mol. The van der Waals surface area contributed by atoms with E-state index in [1.165, 1.54) is 19.1 Å².